The van der Waals surface area contributed by atoms with Crippen molar-refractivity contribution >= 4 is 5.91 Å². The summed E-state index contributed by atoms with van der Waals surface area (Å²) in [6.45, 7) is 6.56. The minimum absolute atomic E-state index is 0.0410. The number of hydrogen-bond donors (Lipinski definition) is 2. The number of carbonyl (C=O) groups excluding carboxylic acids is 1. The maximum Gasteiger partial charge on any atom is 0.234 e. The first-order valence-corrected chi connectivity index (χ1v) is 6.21. The minimum Gasteiger partial charge on any atom is -0.349 e. The van der Waals surface area contributed by atoms with Crippen LogP contribution in [0.5, 0.6) is 0 Å². The van der Waals surface area contributed by atoms with E-state index in [-0.39, 0.29) is 5.91 Å². The van der Waals surface area contributed by atoms with Crippen LogP contribution in [0, 0.1) is 6.92 Å². The molecule has 0 bridgehead atoms. The van der Waals surface area contributed by atoms with E-state index in [1.165, 1.54) is 0 Å². The fraction of sp³-hybridized carbons (Fsp3) is 0.583. The molecule has 0 spiro atoms. The average Bonchev–Trinajstić information content (AvgIpc) is 2.39. The summed E-state index contributed by atoms with van der Waals surface area (Å²) < 4.78 is 0. The van der Waals surface area contributed by atoms with E-state index >= 15 is 0 Å². The Bertz CT molecular complexity index is 386. The van der Waals surface area contributed by atoms with Crippen LogP contribution in [0.4, 0.5) is 0 Å². The van der Waals surface area contributed by atoms with Crippen LogP contribution in [0.15, 0.2) is 12.4 Å². The molecule has 0 radical (unpaired) electrons. The van der Waals surface area contributed by atoms with E-state index in [9.17, 15) is 4.79 Å². The van der Waals surface area contributed by atoms with Gasteiger partial charge in [-0.1, -0.05) is 0 Å². The molecule has 1 aliphatic heterocycles. The van der Waals surface area contributed by atoms with Crippen molar-refractivity contribution in [2.45, 2.75) is 13.5 Å². The molecule has 18 heavy (non-hydrogen) atoms. The lowest BCUT2D eigenvalue weighted by Gasteiger charge is -2.26. The molecule has 1 aliphatic rings. The molecule has 0 aromatic carbocycles. The van der Waals surface area contributed by atoms with Gasteiger partial charge in [0.05, 0.1) is 30.7 Å². The van der Waals surface area contributed by atoms with Crippen molar-refractivity contribution in [2.24, 2.45) is 0 Å². The van der Waals surface area contributed by atoms with Crippen molar-refractivity contribution < 1.29 is 4.79 Å². The van der Waals surface area contributed by atoms with Gasteiger partial charge in [-0.25, -0.2) is 0 Å². The van der Waals surface area contributed by atoms with E-state index in [2.05, 4.69) is 25.5 Å². The van der Waals surface area contributed by atoms with Gasteiger partial charge in [-0.2, -0.15) is 0 Å². The molecule has 0 saturated carbocycles. The lowest BCUT2D eigenvalue weighted by molar-refractivity contribution is -0.122. The van der Waals surface area contributed by atoms with Crippen LogP contribution in [0.2, 0.25) is 0 Å². The average molecular weight is 249 g/mol. The Morgan fingerprint density at radius 3 is 2.83 bits per heavy atom. The van der Waals surface area contributed by atoms with E-state index in [1.54, 1.807) is 12.4 Å². The summed E-state index contributed by atoms with van der Waals surface area (Å²) in [7, 11) is 0. The molecule has 1 aromatic rings. The largest absolute Gasteiger partial charge is 0.349 e. The highest BCUT2D eigenvalue weighted by molar-refractivity contribution is 5.77. The Hall–Kier alpha value is -1.53. The second-order valence-electron chi connectivity index (χ2n) is 4.45. The molecule has 0 unspecified atom stereocenters. The van der Waals surface area contributed by atoms with E-state index in [1.807, 2.05) is 6.92 Å². The number of nitrogens with one attached hydrogen (secondary N) is 2. The van der Waals surface area contributed by atoms with E-state index < -0.39 is 0 Å². The number of amides is 1. The first-order valence-electron chi connectivity index (χ1n) is 6.21. The summed E-state index contributed by atoms with van der Waals surface area (Å²) in [5.74, 6) is 0.0410. The number of hydrogen-bond acceptors (Lipinski definition) is 5. The summed E-state index contributed by atoms with van der Waals surface area (Å²) in [4.78, 5) is 22.2. The topological polar surface area (TPSA) is 70.2 Å². The fourth-order valence-electron chi connectivity index (χ4n) is 1.83. The monoisotopic (exact) mass is 249 g/mol. The molecular formula is C12H19N5O. The molecule has 1 aromatic heterocycles. The first kappa shape index (κ1) is 12.9. The van der Waals surface area contributed by atoms with Gasteiger partial charge < -0.3 is 10.6 Å². The summed E-state index contributed by atoms with van der Waals surface area (Å²) in [6, 6.07) is 0. The fourth-order valence-corrected chi connectivity index (χ4v) is 1.83. The molecule has 1 fully saturated rings. The lowest BCUT2D eigenvalue weighted by Crippen LogP contribution is -2.47. The Morgan fingerprint density at radius 2 is 2.17 bits per heavy atom. The van der Waals surface area contributed by atoms with Gasteiger partial charge in [-0.15, -0.1) is 0 Å². The first-order chi connectivity index (χ1) is 8.74. The van der Waals surface area contributed by atoms with E-state index in [0.29, 0.717) is 13.1 Å². The molecular weight excluding hydrogens is 230 g/mol. The van der Waals surface area contributed by atoms with Gasteiger partial charge in [-0.3, -0.25) is 19.7 Å². The smallest absolute Gasteiger partial charge is 0.234 e. The summed E-state index contributed by atoms with van der Waals surface area (Å²) in [5, 5.41) is 6.12. The number of rotatable bonds is 4. The second kappa shape index (κ2) is 6.42. The molecule has 2 N–H and O–H groups in total. The Labute approximate surface area is 107 Å². The van der Waals surface area contributed by atoms with Crippen molar-refractivity contribution in [3.05, 3.63) is 23.8 Å². The summed E-state index contributed by atoms with van der Waals surface area (Å²) >= 11 is 0. The molecule has 98 valence electrons. The minimum atomic E-state index is 0.0410. The predicted molar refractivity (Wildman–Crippen MR) is 67.9 cm³/mol. The highest BCUT2D eigenvalue weighted by atomic mass is 16.2. The molecule has 0 aliphatic carbocycles. The molecule has 2 heterocycles. The number of carbonyl (C=O) groups is 1. The summed E-state index contributed by atoms with van der Waals surface area (Å²) in [5.41, 5.74) is 1.67. The third-order valence-electron chi connectivity index (χ3n) is 2.88. The van der Waals surface area contributed by atoms with E-state index in [0.717, 1.165) is 37.6 Å². The zero-order valence-corrected chi connectivity index (χ0v) is 10.6. The van der Waals surface area contributed by atoms with Crippen LogP contribution >= 0.6 is 0 Å². The Morgan fingerprint density at radius 1 is 1.39 bits per heavy atom. The highest BCUT2D eigenvalue weighted by Gasteiger charge is 2.13. The van der Waals surface area contributed by atoms with Crippen molar-refractivity contribution in [3.63, 3.8) is 0 Å². The zero-order chi connectivity index (χ0) is 12.8. The lowest BCUT2D eigenvalue weighted by atomic mass is 10.3. The van der Waals surface area contributed by atoms with Gasteiger partial charge in [0.2, 0.25) is 5.91 Å². The standard InChI is InChI=1S/C12H19N5O/c1-10-6-15-11(7-14-10)8-16-12(18)9-17-4-2-13-3-5-17/h6-7,13H,2-5,8-9H2,1H3,(H,16,18). The van der Waals surface area contributed by atoms with Crippen LogP contribution < -0.4 is 10.6 Å². The van der Waals surface area contributed by atoms with Crippen molar-refractivity contribution in [1.29, 1.82) is 0 Å². The number of aryl methyl sites for hydroxylation is 1. The molecule has 6 nitrogen and oxygen atoms in total. The van der Waals surface area contributed by atoms with Gasteiger partial charge in [0.15, 0.2) is 0 Å². The van der Waals surface area contributed by atoms with Gasteiger partial charge >= 0.3 is 0 Å². The third-order valence-corrected chi connectivity index (χ3v) is 2.88. The SMILES string of the molecule is Cc1cnc(CNC(=O)CN2CCNCC2)cn1. The zero-order valence-electron chi connectivity index (χ0n) is 10.6. The van der Waals surface area contributed by atoms with Crippen molar-refractivity contribution in [3.8, 4) is 0 Å². The molecule has 0 atom stereocenters. The Kier molecular flexibility index (Phi) is 4.60. The van der Waals surface area contributed by atoms with Gasteiger partial charge in [-0.05, 0) is 6.92 Å². The van der Waals surface area contributed by atoms with Crippen LogP contribution in [-0.4, -0.2) is 53.5 Å². The Balaban J connectivity index is 1.72. The maximum absolute atomic E-state index is 11.7. The molecule has 1 saturated heterocycles. The van der Waals surface area contributed by atoms with Gasteiger partial charge in [0.1, 0.15) is 0 Å². The third kappa shape index (κ3) is 4.05. The van der Waals surface area contributed by atoms with Crippen LogP contribution in [0.1, 0.15) is 11.4 Å². The van der Waals surface area contributed by atoms with E-state index in [4.69, 9.17) is 0 Å². The summed E-state index contributed by atoms with van der Waals surface area (Å²) in [6.07, 6.45) is 3.40. The van der Waals surface area contributed by atoms with Crippen molar-refractivity contribution in [1.82, 2.24) is 25.5 Å². The molecule has 2 rings (SSSR count). The van der Waals surface area contributed by atoms with Crippen LogP contribution in [0.25, 0.3) is 0 Å². The normalized spacial score (nSPS) is 16.5. The number of piperazine rings is 1. The highest BCUT2D eigenvalue weighted by Crippen LogP contribution is 1.94. The van der Waals surface area contributed by atoms with Crippen LogP contribution in [-0.2, 0) is 11.3 Å². The molecule has 1 amide bonds. The van der Waals surface area contributed by atoms with Crippen LogP contribution in [0.3, 0.4) is 0 Å². The molecule has 6 heteroatoms. The number of aromatic nitrogens is 2. The second-order valence-corrected chi connectivity index (χ2v) is 4.45. The van der Waals surface area contributed by atoms with Gasteiger partial charge in [0.25, 0.3) is 0 Å². The number of nitrogens with zero attached hydrogens (tertiary/aromatic N) is 3. The maximum atomic E-state index is 11.7. The van der Waals surface area contributed by atoms with Crippen molar-refractivity contribution in [2.75, 3.05) is 32.7 Å². The quantitative estimate of drug-likeness (QED) is 0.739. The van der Waals surface area contributed by atoms with Gasteiger partial charge in [0, 0.05) is 32.4 Å². The predicted octanol–water partition coefficient (Wildman–Crippen LogP) is -0.694.